The lowest BCUT2D eigenvalue weighted by atomic mass is 9.81. The van der Waals surface area contributed by atoms with E-state index in [-0.39, 0.29) is 11.8 Å². The molecule has 0 saturated carbocycles. The Bertz CT molecular complexity index is 926. The number of hydrogen-bond acceptors (Lipinski definition) is 5. The first kappa shape index (κ1) is 18.7. The van der Waals surface area contributed by atoms with Crippen molar-refractivity contribution in [3.63, 3.8) is 0 Å². The molecule has 150 valence electrons. The minimum Gasteiger partial charge on any atom is -0.504 e. The average Bonchev–Trinajstić information content (AvgIpc) is 2.70. The highest BCUT2D eigenvalue weighted by Crippen LogP contribution is 2.52. The molecular weight excluding hydrogens is 358 g/mol. The van der Waals surface area contributed by atoms with Gasteiger partial charge in [0.05, 0.1) is 47.6 Å². The molecule has 0 aromatic heterocycles. The van der Waals surface area contributed by atoms with Crippen molar-refractivity contribution in [3.8, 4) is 28.7 Å². The van der Waals surface area contributed by atoms with Crippen molar-refractivity contribution in [1.29, 1.82) is 0 Å². The van der Waals surface area contributed by atoms with Gasteiger partial charge >= 0.3 is 0 Å². The van der Waals surface area contributed by atoms with Gasteiger partial charge in [-0.15, -0.1) is 0 Å². The number of quaternary nitrogens is 1. The van der Waals surface area contributed by atoms with E-state index in [0.29, 0.717) is 11.5 Å². The van der Waals surface area contributed by atoms with Gasteiger partial charge in [0.1, 0.15) is 12.6 Å². The van der Waals surface area contributed by atoms with Crippen LogP contribution in [0.3, 0.4) is 0 Å². The molecule has 0 amide bonds. The fraction of sp³-hybridized carbons (Fsp3) is 0.455. The summed E-state index contributed by atoms with van der Waals surface area (Å²) in [4.78, 5) is 0. The summed E-state index contributed by atoms with van der Waals surface area (Å²) in [5.74, 6) is 2.80. The molecule has 0 spiro atoms. The molecule has 2 aliphatic heterocycles. The van der Waals surface area contributed by atoms with Gasteiger partial charge in [0.15, 0.2) is 23.0 Å². The van der Waals surface area contributed by atoms with Gasteiger partial charge in [0.25, 0.3) is 0 Å². The Balaban J connectivity index is 1.86. The summed E-state index contributed by atoms with van der Waals surface area (Å²) in [6.45, 7) is 1.79. The first-order valence-corrected chi connectivity index (χ1v) is 9.51. The third-order valence-electron chi connectivity index (χ3n) is 6.45. The molecule has 2 aromatic rings. The third-order valence-corrected chi connectivity index (χ3v) is 6.45. The van der Waals surface area contributed by atoms with Crippen LogP contribution in [0.2, 0.25) is 0 Å². The zero-order chi connectivity index (χ0) is 20.1. The number of aromatic hydroxyl groups is 1. The van der Waals surface area contributed by atoms with Crippen LogP contribution in [-0.4, -0.2) is 51.6 Å². The fourth-order valence-corrected chi connectivity index (χ4v) is 4.94. The second-order valence-electron chi connectivity index (χ2n) is 7.80. The van der Waals surface area contributed by atoms with Crippen molar-refractivity contribution in [2.75, 3.05) is 42.0 Å². The van der Waals surface area contributed by atoms with Crippen molar-refractivity contribution in [2.45, 2.75) is 25.4 Å². The zero-order valence-corrected chi connectivity index (χ0v) is 17.2. The first-order chi connectivity index (χ1) is 13.5. The normalized spacial score (nSPS) is 22.5. The van der Waals surface area contributed by atoms with E-state index >= 15 is 0 Å². The van der Waals surface area contributed by atoms with Gasteiger partial charge in [-0.3, -0.25) is 0 Å². The summed E-state index contributed by atoms with van der Waals surface area (Å²) >= 11 is 0. The van der Waals surface area contributed by atoms with Crippen LogP contribution >= 0.6 is 0 Å². The van der Waals surface area contributed by atoms with E-state index in [0.717, 1.165) is 53.0 Å². The number of benzene rings is 2. The van der Waals surface area contributed by atoms with Gasteiger partial charge in [0.2, 0.25) is 5.75 Å². The van der Waals surface area contributed by atoms with Crippen LogP contribution in [-0.2, 0) is 19.4 Å². The van der Waals surface area contributed by atoms with E-state index in [1.807, 2.05) is 12.1 Å². The number of phenolic OH excluding ortho intramolecular Hbond substituents is 1. The number of ether oxygens (including phenoxy) is 4. The second-order valence-corrected chi connectivity index (χ2v) is 7.80. The van der Waals surface area contributed by atoms with Crippen LogP contribution in [0, 0.1) is 0 Å². The second kappa shape index (κ2) is 6.78. The van der Waals surface area contributed by atoms with E-state index in [1.54, 1.807) is 28.4 Å². The summed E-state index contributed by atoms with van der Waals surface area (Å²) in [5, 5.41) is 10.8. The molecule has 4 rings (SSSR count). The summed E-state index contributed by atoms with van der Waals surface area (Å²) in [7, 11) is 8.82. The number of fused-ring (bicyclic) bond motifs is 4. The van der Waals surface area contributed by atoms with Crippen LogP contribution < -0.4 is 18.9 Å². The zero-order valence-electron chi connectivity index (χ0n) is 17.2. The van der Waals surface area contributed by atoms with Gasteiger partial charge in [-0.25, -0.2) is 0 Å². The van der Waals surface area contributed by atoms with Crippen LogP contribution in [0.25, 0.3) is 0 Å². The quantitative estimate of drug-likeness (QED) is 0.818. The molecular formula is C22H28NO5+. The fourth-order valence-electron chi connectivity index (χ4n) is 4.94. The highest BCUT2D eigenvalue weighted by Gasteiger charge is 2.45. The third kappa shape index (κ3) is 2.58. The molecule has 1 N–H and O–H groups in total. The van der Waals surface area contributed by atoms with Crippen molar-refractivity contribution in [2.24, 2.45) is 0 Å². The molecule has 0 aliphatic carbocycles. The van der Waals surface area contributed by atoms with Crippen molar-refractivity contribution < 1.29 is 28.5 Å². The van der Waals surface area contributed by atoms with Crippen molar-refractivity contribution >= 4 is 0 Å². The lowest BCUT2D eigenvalue weighted by Crippen LogP contribution is -2.53. The van der Waals surface area contributed by atoms with Crippen LogP contribution in [0.5, 0.6) is 28.7 Å². The summed E-state index contributed by atoms with van der Waals surface area (Å²) < 4.78 is 23.0. The molecule has 2 aromatic carbocycles. The number of rotatable bonds is 4. The Morgan fingerprint density at radius 3 is 2.29 bits per heavy atom. The summed E-state index contributed by atoms with van der Waals surface area (Å²) in [6, 6.07) is 6.39. The minimum atomic E-state index is 0.209. The first-order valence-electron chi connectivity index (χ1n) is 9.51. The Morgan fingerprint density at radius 2 is 1.64 bits per heavy atom. The number of methoxy groups -OCH3 is 4. The van der Waals surface area contributed by atoms with Gasteiger partial charge in [0, 0.05) is 24.0 Å². The molecule has 2 atom stereocenters. The summed E-state index contributed by atoms with van der Waals surface area (Å²) in [5.41, 5.74) is 4.60. The standard InChI is InChI=1S/C22H27NO5/c1-23-9-8-14-15(11-19(26-3)22(28-5)20(14)24)17(23)10-13-6-7-18(25-2)21(27-4)16(13)12-23/h6-7,11,17H,8-10,12H2,1-5H3/p+1/t17-,23+/m0/s1. The molecule has 0 unspecified atom stereocenters. The molecule has 0 radical (unpaired) electrons. The maximum absolute atomic E-state index is 10.8. The number of phenols is 1. The molecule has 28 heavy (non-hydrogen) atoms. The lowest BCUT2D eigenvalue weighted by molar-refractivity contribution is -0.956. The van der Waals surface area contributed by atoms with Gasteiger partial charge in [-0.2, -0.15) is 0 Å². The monoisotopic (exact) mass is 386 g/mol. The minimum absolute atomic E-state index is 0.209. The molecule has 6 heteroatoms. The predicted molar refractivity (Wildman–Crippen MR) is 106 cm³/mol. The van der Waals surface area contributed by atoms with Crippen LogP contribution in [0.1, 0.15) is 28.3 Å². The SMILES string of the molecule is COc1cc2c(c(O)c1OC)CC[N@+]1(C)Cc3c(ccc(OC)c3OC)C[C@@H]21. The number of hydrogen-bond donors (Lipinski definition) is 1. The van der Waals surface area contributed by atoms with Crippen LogP contribution in [0.4, 0.5) is 0 Å². The predicted octanol–water partition coefficient (Wildman–Crippen LogP) is 3.23. The Morgan fingerprint density at radius 1 is 0.929 bits per heavy atom. The van der Waals surface area contributed by atoms with Crippen molar-refractivity contribution in [1.82, 2.24) is 0 Å². The largest absolute Gasteiger partial charge is 0.504 e. The maximum atomic E-state index is 10.8. The van der Waals surface area contributed by atoms with E-state index in [9.17, 15) is 5.11 Å². The van der Waals surface area contributed by atoms with Gasteiger partial charge in [-0.1, -0.05) is 6.07 Å². The summed E-state index contributed by atoms with van der Waals surface area (Å²) in [6.07, 6.45) is 1.66. The smallest absolute Gasteiger partial charge is 0.203 e. The topological polar surface area (TPSA) is 57.2 Å². The Hall–Kier alpha value is -2.60. The highest BCUT2D eigenvalue weighted by molar-refractivity contribution is 5.60. The van der Waals surface area contributed by atoms with E-state index < -0.39 is 0 Å². The highest BCUT2D eigenvalue weighted by atomic mass is 16.5. The van der Waals surface area contributed by atoms with Crippen LogP contribution in [0.15, 0.2) is 18.2 Å². The average molecular weight is 386 g/mol. The molecule has 0 saturated heterocycles. The van der Waals surface area contributed by atoms with E-state index in [2.05, 4.69) is 13.1 Å². The van der Waals surface area contributed by atoms with Gasteiger partial charge in [-0.05, 0) is 17.7 Å². The van der Waals surface area contributed by atoms with E-state index in [1.165, 1.54) is 11.1 Å². The number of likely N-dealkylation sites (N-methyl/N-ethyl adjacent to an activating group) is 1. The molecule has 2 heterocycles. The Labute approximate surface area is 165 Å². The molecule has 2 aliphatic rings. The molecule has 6 nitrogen and oxygen atoms in total. The Kier molecular flexibility index (Phi) is 4.54. The molecule has 0 fully saturated rings. The van der Waals surface area contributed by atoms with Crippen molar-refractivity contribution in [3.05, 3.63) is 40.5 Å². The molecule has 0 bridgehead atoms. The van der Waals surface area contributed by atoms with E-state index in [4.69, 9.17) is 18.9 Å². The lowest BCUT2D eigenvalue weighted by Gasteiger charge is -2.49. The number of nitrogens with zero attached hydrogens (tertiary/aromatic N) is 1. The van der Waals surface area contributed by atoms with Gasteiger partial charge < -0.3 is 28.5 Å². The maximum Gasteiger partial charge on any atom is 0.203 e.